The number of carbonyl (C=O) groups excluding carboxylic acids is 1. The Labute approximate surface area is 142 Å². The lowest BCUT2D eigenvalue weighted by Gasteiger charge is -2.37. The molecule has 0 N–H and O–H groups in total. The van der Waals surface area contributed by atoms with Crippen LogP contribution < -0.4 is 4.90 Å². The van der Waals surface area contributed by atoms with E-state index >= 15 is 0 Å². The van der Waals surface area contributed by atoms with Crippen molar-refractivity contribution in [3.8, 4) is 0 Å². The standard InChI is InChI=1S/C19H23N3O2/c1-14-12-22(13-17(24-14)15-7-5-4-6-8-15)19(23)16-9-10-18(20-11-16)21(2)3/h4-11,14,17H,12-13H2,1-3H3/t14-,17+/m0/s1. The third-order valence-corrected chi connectivity index (χ3v) is 4.17. The quantitative estimate of drug-likeness (QED) is 0.870. The number of aromatic nitrogens is 1. The Hall–Kier alpha value is -2.40. The molecule has 1 aliphatic rings. The van der Waals surface area contributed by atoms with Gasteiger partial charge >= 0.3 is 0 Å². The van der Waals surface area contributed by atoms with Gasteiger partial charge in [-0.1, -0.05) is 30.3 Å². The largest absolute Gasteiger partial charge is 0.367 e. The van der Waals surface area contributed by atoms with Crippen molar-refractivity contribution >= 4 is 11.7 Å². The van der Waals surface area contributed by atoms with Gasteiger partial charge in [-0.25, -0.2) is 4.98 Å². The van der Waals surface area contributed by atoms with Gasteiger partial charge in [-0.2, -0.15) is 0 Å². The summed E-state index contributed by atoms with van der Waals surface area (Å²) in [7, 11) is 3.86. The van der Waals surface area contributed by atoms with Gasteiger partial charge in [0.2, 0.25) is 0 Å². The van der Waals surface area contributed by atoms with Crippen molar-refractivity contribution in [2.24, 2.45) is 0 Å². The van der Waals surface area contributed by atoms with Crippen molar-refractivity contribution in [1.29, 1.82) is 0 Å². The molecule has 1 aliphatic heterocycles. The second-order valence-electron chi connectivity index (χ2n) is 6.36. The Kier molecular flexibility index (Phi) is 4.81. The minimum atomic E-state index is -0.0899. The number of ether oxygens (including phenoxy) is 1. The second kappa shape index (κ2) is 7.01. The number of morpholine rings is 1. The summed E-state index contributed by atoms with van der Waals surface area (Å²) in [6, 6.07) is 13.8. The lowest BCUT2D eigenvalue weighted by molar-refractivity contribution is -0.0691. The van der Waals surface area contributed by atoms with Gasteiger partial charge in [-0.15, -0.1) is 0 Å². The molecular weight excluding hydrogens is 302 g/mol. The Morgan fingerprint density at radius 1 is 1.17 bits per heavy atom. The van der Waals surface area contributed by atoms with E-state index in [1.54, 1.807) is 6.20 Å². The Bertz CT molecular complexity index is 686. The molecule has 0 radical (unpaired) electrons. The predicted molar refractivity (Wildman–Crippen MR) is 94.2 cm³/mol. The van der Waals surface area contributed by atoms with Crippen LogP contribution in [0.4, 0.5) is 5.82 Å². The second-order valence-corrected chi connectivity index (χ2v) is 6.36. The highest BCUT2D eigenvalue weighted by Crippen LogP contribution is 2.26. The van der Waals surface area contributed by atoms with Crippen LogP contribution in [0.15, 0.2) is 48.7 Å². The van der Waals surface area contributed by atoms with E-state index < -0.39 is 0 Å². The normalized spacial score (nSPS) is 20.7. The maximum atomic E-state index is 12.8. The first-order chi connectivity index (χ1) is 11.5. The highest BCUT2D eigenvalue weighted by Gasteiger charge is 2.29. The van der Waals surface area contributed by atoms with Crippen LogP contribution >= 0.6 is 0 Å². The van der Waals surface area contributed by atoms with E-state index in [-0.39, 0.29) is 18.1 Å². The number of amides is 1. The predicted octanol–water partition coefficient (Wildman–Crippen LogP) is 2.75. The molecule has 3 rings (SSSR count). The fraction of sp³-hybridized carbons (Fsp3) is 0.368. The van der Waals surface area contributed by atoms with Gasteiger partial charge in [0.05, 0.1) is 18.2 Å². The highest BCUT2D eigenvalue weighted by molar-refractivity contribution is 5.94. The highest BCUT2D eigenvalue weighted by atomic mass is 16.5. The van der Waals surface area contributed by atoms with Crippen molar-refractivity contribution < 1.29 is 9.53 Å². The molecular formula is C19H23N3O2. The molecule has 1 fully saturated rings. The van der Waals surface area contributed by atoms with Crippen molar-refractivity contribution in [2.75, 3.05) is 32.1 Å². The van der Waals surface area contributed by atoms with Gasteiger partial charge in [0.25, 0.3) is 5.91 Å². The maximum Gasteiger partial charge on any atom is 0.255 e. The van der Waals surface area contributed by atoms with E-state index in [0.29, 0.717) is 18.7 Å². The van der Waals surface area contributed by atoms with Crippen molar-refractivity contribution in [3.63, 3.8) is 0 Å². The molecule has 1 aromatic carbocycles. The van der Waals surface area contributed by atoms with Crippen LogP contribution in [0, 0.1) is 0 Å². The van der Waals surface area contributed by atoms with Gasteiger partial charge in [-0.05, 0) is 24.6 Å². The molecule has 2 heterocycles. The molecule has 5 heteroatoms. The summed E-state index contributed by atoms with van der Waals surface area (Å²) in [6.07, 6.45) is 1.56. The molecule has 0 aliphatic carbocycles. The van der Waals surface area contributed by atoms with Crippen molar-refractivity contribution in [3.05, 3.63) is 59.8 Å². The minimum Gasteiger partial charge on any atom is -0.367 e. The number of rotatable bonds is 3. The first kappa shape index (κ1) is 16.5. The molecule has 126 valence electrons. The molecule has 1 aromatic heterocycles. The molecule has 2 aromatic rings. The molecule has 0 unspecified atom stereocenters. The molecule has 1 saturated heterocycles. The summed E-state index contributed by atoms with van der Waals surface area (Å²) in [4.78, 5) is 20.9. The van der Waals surface area contributed by atoms with Gasteiger partial charge in [0.1, 0.15) is 11.9 Å². The Morgan fingerprint density at radius 2 is 1.92 bits per heavy atom. The SMILES string of the molecule is C[C@H]1CN(C(=O)c2ccc(N(C)C)nc2)C[C@H](c2ccccc2)O1. The summed E-state index contributed by atoms with van der Waals surface area (Å²) >= 11 is 0. The fourth-order valence-corrected chi connectivity index (χ4v) is 2.93. The van der Waals surface area contributed by atoms with Crippen LogP contribution in [0.2, 0.25) is 0 Å². The third-order valence-electron chi connectivity index (χ3n) is 4.17. The number of nitrogens with zero attached hydrogens (tertiary/aromatic N) is 3. The summed E-state index contributed by atoms with van der Waals surface area (Å²) < 4.78 is 6.02. The smallest absolute Gasteiger partial charge is 0.255 e. The van der Waals surface area contributed by atoms with Crippen molar-refractivity contribution in [2.45, 2.75) is 19.1 Å². The average molecular weight is 325 g/mol. The Morgan fingerprint density at radius 3 is 2.54 bits per heavy atom. The molecule has 24 heavy (non-hydrogen) atoms. The monoisotopic (exact) mass is 325 g/mol. The summed E-state index contributed by atoms with van der Waals surface area (Å²) in [5.41, 5.74) is 1.71. The summed E-state index contributed by atoms with van der Waals surface area (Å²) in [5, 5.41) is 0. The first-order valence-electron chi connectivity index (χ1n) is 8.17. The Balaban J connectivity index is 1.76. The lowest BCUT2D eigenvalue weighted by Crippen LogP contribution is -2.46. The zero-order valence-electron chi connectivity index (χ0n) is 14.3. The zero-order valence-corrected chi connectivity index (χ0v) is 14.3. The number of pyridine rings is 1. The topological polar surface area (TPSA) is 45.7 Å². The van der Waals surface area contributed by atoms with Crippen LogP contribution in [0.1, 0.15) is 28.9 Å². The number of hydrogen-bond donors (Lipinski definition) is 0. The summed E-state index contributed by atoms with van der Waals surface area (Å²) in [6.45, 7) is 3.16. The van der Waals surface area contributed by atoms with Gasteiger partial charge < -0.3 is 14.5 Å². The maximum absolute atomic E-state index is 12.8. The minimum absolute atomic E-state index is 0.00177. The summed E-state index contributed by atoms with van der Waals surface area (Å²) in [5.74, 6) is 0.841. The van der Waals surface area contributed by atoms with Crippen LogP contribution in [-0.2, 0) is 4.74 Å². The molecule has 0 spiro atoms. The van der Waals surface area contributed by atoms with E-state index in [1.165, 1.54) is 0 Å². The van der Waals surface area contributed by atoms with Crippen LogP contribution in [0.5, 0.6) is 0 Å². The number of benzene rings is 1. The van der Waals surface area contributed by atoms with Crippen LogP contribution in [0.25, 0.3) is 0 Å². The van der Waals surface area contributed by atoms with E-state index in [0.717, 1.165) is 11.4 Å². The first-order valence-corrected chi connectivity index (χ1v) is 8.17. The fourth-order valence-electron chi connectivity index (χ4n) is 2.93. The number of anilines is 1. The lowest BCUT2D eigenvalue weighted by atomic mass is 10.1. The molecule has 0 bridgehead atoms. The van der Waals surface area contributed by atoms with Crippen molar-refractivity contribution in [1.82, 2.24) is 9.88 Å². The molecule has 1 amide bonds. The molecule has 2 atom stereocenters. The average Bonchev–Trinajstić information content (AvgIpc) is 2.61. The third kappa shape index (κ3) is 3.57. The van der Waals surface area contributed by atoms with Crippen LogP contribution in [0.3, 0.4) is 0 Å². The van der Waals surface area contributed by atoms with E-state index in [2.05, 4.69) is 4.98 Å². The zero-order chi connectivity index (χ0) is 17.1. The van der Waals surface area contributed by atoms with E-state index in [4.69, 9.17) is 4.74 Å². The van der Waals surface area contributed by atoms with Gasteiger partial charge in [0, 0.05) is 26.8 Å². The molecule has 0 saturated carbocycles. The number of carbonyl (C=O) groups is 1. The molecule has 5 nitrogen and oxygen atoms in total. The van der Waals surface area contributed by atoms with E-state index in [1.807, 2.05) is 73.3 Å². The van der Waals surface area contributed by atoms with Gasteiger partial charge in [-0.3, -0.25) is 4.79 Å². The van der Waals surface area contributed by atoms with Gasteiger partial charge in [0.15, 0.2) is 0 Å². The van der Waals surface area contributed by atoms with Crippen LogP contribution in [-0.4, -0.2) is 49.1 Å². The van der Waals surface area contributed by atoms with E-state index in [9.17, 15) is 4.79 Å². The number of hydrogen-bond acceptors (Lipinski definition) is 4.